The fourth-order valence-corrected chi connectivity index (χ4v) is 1.64. The van der Waals surface area contributed by atoms with E-state index in [1.807, 2.05) is 26.0 Å². The van der Waals surface area contributed by atoms with E-state index < -0.39 is 5.97 Å². The molecule has 0 aliphatic carbocycles. The Balaban J connectivity index is 3.09. The fourth-order valence-electron chi connectivity index (χ4n) is 1.31. The summed E-state index contributed by atoms with van der Waals surface area (Å²) in [5.74, 6) is -0.213. The number of hydrogen-bond donors (Lipinski definition) is 1. The minimum absolute atomic E-state index is 0.0105. The number of aliphatic carboxylic acids is 1. The Hall–Kier alpha value is -1.03. The lowest BCUT2D eigenvalue weighted by atomic mass is 10.1. The molecule has 1 rings (SSSR count). The normalized spacial score (nSPS) is 10.1. The van der Waals surface area contributed by atoms with Crippen LogP contribution in [0.3, 0.4) is 0 Å². The van der Waals surface area contributed by atoms with Crippen molar-refractivity contribution in [2.45, 2.75) is 20.3 Å². The van der Waals surface area contributed by atoms with Gasteiger partial charge in [0.25, 0.3) is 0 Å². The highest BCUT2D eigenvalue weighted by molar-refractivity contribution is 9.10. The van der Waals surface area contributed by atoms with Crippen LogP contribution in [0.25, 0.3) is 0 Å². The third-order valence-electron chi connectivity index (χ3n) is 1.98. The second-order valence-electron chi connectivity index (χ2n) is 3.21. The molecule has 1 N–H and O–H groups in total. The second-order valence-corrected chi connectivity index (χ2v) is 4.07. The highest BCUT2D eigenvalue weighted by Crippen LogP contribution is 2.27. The van der Waals surface area contributed by atoms with E-state index in [4.69, 9.17) is 9.84 Å². The summed E-state index contributed by atoms with van der Waals surface area (Å²) in [5, 5.41) is 8.75. The van der Waals surface area contributed by atoms with Crippen molar-refractivity contribution in [1.29, 1.82) is 0 Å². The molecule has 0 saturated heterocycles. The molecule has 0 heterocycles. The first-order valence-electron chi connectivity index (χ1n) is 4.68. The van der Waals surface area contributed by atoms with Gasteiger partial charge in [0.05, 0.1) is 13.0 Å². The maximum Gasteiger partial charge on any atom is 0.307 e. The van der Waals surface area contributed by atoms with Crippen LogP contribution in [-0.4, -0.2) is 17.7 Å². The van der Waals surface area contributed by atoms with Crippen LogP contribution >= 0.6 is 15.9 Å². The number of carbonyl (C=O) groups is 1. The van der Waals surface area contributed by atoms with Gasteiger partial charge in [-0.25, -0.2) is 0 Å². The van der Waals surface area contributed by atoms with Crippen molar-refractivity contribution in [2.75, 3.05) is 6.61 Å². The molecule has 0 radical (unpaired) electrons. The Labute approximate surface area is 97.2 Å². The van der Waals surface area contributed by atoms with Crippen LogP contribution in [0.4, 0.5) is 0 Å². The van der Waals surface area contributed by atoms with Crippen molar-refractivity contribution in [3.8, 4) is 5.75 Å². The van der Waals surface area contributed by atoms with E-state index in [-0.39, 0.29) is 6.42 Å². The van der Waals surface area contributed by atoms with Gasteiger partial charge in [-0.1, -0.05) is 22.0 Å². The average Bonchev–Trinajstić information content (AvgIpc) is 2.13. The summed E-state index contributed by atoms with van der Waals surface area (Å²) < 4.78 is 6.31. The number of benzene rings is 1. The Bertz CT molecular complexity index is 374. The van der Waals surface area contributed by atoms with Gasteiger partial charge in [-0.3, -0.25) is 4.79 Å². The largest absolute Gasteiger partial charge is 0.494 e. The minimum atomic E-state index is -0.849. The first-order valence-corrected chi connectivity index (χ1v) is 5.47. The number of ether oxygens (including phenoxy) is 1. The van der Waals surface area contributed by atoms with Crippen LogP contribution in [-0.2, 0) is 11.2 Å². The van der Waals surface area contributed by atoms with Gasteiger partial charge >= 0.3 is 5.97 Å². The molecule has 0 saturated carbocycles. The summed E-state index contributed by atoms with van der Waals surface area (Å²) >= 11 is 3.39. The molecule has 0 aromatic heterocycles. The van der Waals surface area contributed by atoms with Crippen LogP contribution in [0.2, 0.25) is 0 Å². The summed E-state index contributed by atoms with van der Waals surface area (Å²) in [4.78, 5) is 10.7. The van der Waals surface area contributed by atoms with E-state index in [1.165, 1.54) is 0 Å². The van der Waals surface area contributed by atoms with Gasteiger partial charge in [0, 0.05) is 10.0 Å². The second kappa shape index (κ2) is 5.16. The van der Waals surface area contributed by atoms with Crippen molar-refractivity contribution in [3.05, 3.63) is 27.7 Å². The minimum Gasteiger partial charge on any atom is -0.494 e. The third kappa shape index (κ3) is 3.23. The van der Waals surface area contributed by atoms with E-state index in [9.17, 15) is 4.79 Å². The van der Waals surface area contributed by atoms with Crippen LogP contribution in [0.1, 0.15) is 18.1 Å². The lowest BCUT2D eigenvalue weighted by molar-refractivity contribution is -0.136. The quantitative estimate of drug-likeness (QED) is 0.917. The van der Waals surface area contributed by atoms with Gasteiger partial charge in [-0.2, -0.15) is 0 Å². The zero-order chi connectivity index (χ0) is 11.4. The van der Waals surface area contributed by atoms with E-state index in [0.717, 1.165) is 10.0 Å². The molecule has 15 heavy (non-hydrogen) atoms. The molecule has 0 unspecified atom stereocenters. The smallest absolute Gasteiger partial charge is 0.307 e. The molecule has 1 aromatic carbocycles. The third-order valence-corrected chi connectivity index (χ3v) is 2.84. The number of carboxylic acid groups (broad SMARTS) is 1. The maximum atomic E-state index is 10.7. The number of hydrogen-bond acceptors (Lipinski definition) is 2. The zero-order valence-corrected chi connectivity index (χ0v) is 10.3. The molecule has 1 aromatic rings. The molecule has 0 bridgehead atoms. The summed E-state index contributed by atoms with van der Waals surface area (Å²) in [7, 11) is 0. The molecular formula is C11H13BrO3. The maximum absolute atomic E-state index is 10.7. The molecule has 0 fully saturated rings. The van der Waals surface area contributed by atoms with Crippen molar-refractivity contribution in [1.82, 2.24) is 0 Å². The average molecular weight is 273 g/mol. The Morgan fingerprint density at radius 1 is 1.53 bits per heavy atom. The lowest BCUT2D eigenvalue weighted by Crippen LogP contribution is -2.04. The van der Waals surface area contributed by atoms with Gasteiger partial charge in [0.1, 0.15) is 5.75 Å². The van der Waals surface area contributed by atoms with Crippen molar-refractivity contribution < 1.29 is 14.6 Å². The summed E-state index contributed by atoms with van der Waals surface area (Å²) in [6.07, 6.45) is -0.0105. The molecule has 0 amide bonds. The number of carboxylic acids is 1. The first-order chi connectivity index (χ1) is 7.04. The van der Waals surface area contributed by atoms with Crippen LogP contribution < -0.4 is 4.74 Å². The van der Waals surface area contributed by atoms with Crippen LogP contribution in [0.5, 0.6) is 5.75 Å². The molecule has 0 atom stereocenters. The fraction of sp³-hybridized carbons (Fsp3) is 0.364. The van der Waals surface area contributed by atoms with Crippen molar-refractivity contribution in [2.24, 2.45) is 0 Å². The SMILES string of the molecule is CCOc1cc(Br)c(C)cc1CC(=O)O. The van der Waals surface area contributed by atoms with Crippen molar-refractivity contribution in [3.63, 3.8) is 0 Å². The van der Waals surface area contributed by atoms with Crippen LogP contribution in [0, 0.1) is 6.92 Å². The Kier molecular flexibility index (Phi) is 4.15. The highest BCUT2D eigenvalue weighted by Gasteiger charge is 2.10. The van der Waals surface area contributed by atoms with E-state index in [1.54, 1.807) is 0 Å². The topological polar surface area (TPSA) is 46.5 Å². The lowest BCUT2D eigenvalue weighted by Gasteiger charge is -2.11. The van der Waals surface area contributed by atoms with Gasteiger partial charge < -0.3 is 9.84 Å². The molecule has 3 nitrogen and oxygen atoms in total. The monoisotopic (exact) mass is 272 g/mol. The van der Waals surface area contributed by atoms with Crippen LogP contribution in [0.15, 0.2) is 16.6 Å². The first kappa shape index (κ1) is 12.0. The molecule has 82 valence electrons. The molecule has 0 spiro atoms. The van der Waals surface area contributed by atoms with Crippen molar-refractivity contribution >= 4 is 21.9 Å². The Morgan fingerprint density at radius 2 is 2.20 bits per heavy atom. The Morgan fingerprint density at radius 3 is 2.73 bits per heavy atom. The number of halogens is 1. The van der Waals surface area contributed by atoms with Gasteiger partial charge in [-0.05, 0) is 25.5 Å². The van der Waals surface area contributed by atoms with E-state index >= 15 is 0 Å². The predicted octanol–water partition coefficient (Wildman–Crippen LogP) is 2.78. The zero-order valence-electron chi connectivity index (χ0n) is 8.71. The standard InChI is InChI=1S/C11H13BrO3/c1-3-15-10-6-9(12)7(2)4-8(10)5-11(13)14/h4,6H,3,5H2,1-2H3,(H,13,14). The van der Waals surface area contributed by atoms with E-state index in [2.05, 4.69) is 15.9 Å². The molecule has 4 heteroatoms. The van der Waals surface area contributed by atoms with Gasteiger partial charge in [-0.15, -0.1) is 0 Å². The molecule has 0 aliphatic rings. The summed E-state index contributed by atoms with van der Waals surface area (Å²) in [6, 6.07) is 3.65. The van der Waals surface area contributed by atoms with Gasteiger partial charge in [0.2, 0.25) is 0 Å². The highest BCUT2D eigenvalue weighted by atomic mass is 79.9. The molecule has 0 aliphatic heterocycles. The van der Waals surface area contributed by atoms with E-state index in [0.29, 0.717) is 17.9 Å². The molecular weight excluding hydrogens is 260 g/mol. The predicted molar refractivity (Wildman–Crippen MR) is 61.4 cm³/mol. The summed E-state index contributed by atoms with van der Waals surface area (Å²) in [6.45, 7) is 4.32. The summed E-state index contributed by atoms with van der Waals surface area (Å²) in [5.41, 5.74) is 1.72. The number of aryl methyl sites for hydroxylation is 1. The number of rotatable bonds is 4. The van der Waals surface area contributed by atoms with Gasteiger partial charge in [0.15, 0.2) is 0 Å².